The second kappa shape index (κ2) is 3.92. The van der Waals surface area contributed by atoms with E-state index in [0.717, 1.165) is 5.92 Å². The third kappa shape index (κ3) is 2.23. The summed E-state index contributed by atoms with van der Waals surface area (Å²) < 4.78 is 0. The molecule has 2 N–H and O–H groups in total. The highest BCUT2D eigenvalue weighted by molar-refractivity contribution is 5.85. The van der Waals surface area contributed by atoms with Crippen molar-refractivity contribution in [3.63, 3.8) is 0 Å². The molecule has 0 bridgehead atoms. The number of benzene rings is 1. The van der Waals surface area contributed by atoms with Gasteiger partial charge in [0.05, 0.1) is 0 Å². The molecule has 1 fully saturated rings. The van der Waals surface area contributed by atoms with Crippen LogP contribution in [0.1, 0.15) is 12.0 Å². The molecular formula is C10H14ClN. The van der Waals surface area contributed by atoms with Gasteiger partial charge in [-0.3, -0.25) is 0 Å². The van der Waals surface area contributed by atoms with E-state index in [0.29, 0.717) is 6.04 Å². The average Bonchev–Trinajstić information content (AvgIpc) is 2.69. The van der Waals surface area contributed by atoms with Gasteiger partial charge in [0.25, 0.3) is 0 Å². The standard InChI is InChI=1S/C10H13N.ClH/c11-10-7-9(10)6-8-4-2-1-3-5-8;/h1-5,9-10H,6-7,11H2;1H. The smallest absolute Gasteiger partial charge is 0.00742 e. The maximum atomic E-state index is 5.71. The lowest BCUT2D eigenvalue weighted by Gasteiger charge is -1.96. The summed E-state index contributed by atoms with van der Waals surface area (Å²) in [7, 11) is 0. The van der Waals surface area contributed by atoms with Gasteiger partial charge in [-0.05, 0) is 24.3 Å². The van der Waals surface area contributed by atoms with Gasteiger partial charge in [0.1, 0.15) is 0 Å². The van der Waals surface area contributed by atoms with Crippen molar-refractivity contribution in [1.29, 1.82) is 0 Å². The third-order valence-corrected chi connectivity index (χ3v) is 2.32. The van der Waals surface area contributed by atoms with Crippen molar-refractivity contribution in [2.75, 3.05) is 0 Å². The van der Waals surface area contributed by atoms with Crippen LogP contribution in [0.4, 0.5) is 0 Å². The molecule has 0 amide bonds. The highest BCUT2D eigenvalue weighted by Crippen LogP contribution is 2.31. The van der Waals surface area contributed by atoms with Gasteiger partial charge in [-0.1, -0.05) is 30.3 Å². The molecule has 12 heavy (non-hydrogen) atoms. The lowest BCUT2D eigenvalue weighted by molar-refractivity contribution is 0.786. The van der Waals surface area contributed by atoms with Gasteiger partial charge in [0.15, 0.2) is 0 Å². The Morgan fingerprint density at radius 2 is 1.83 bits per heavy atom. The van der Waals surface area contributed by atoms with E-state index in [1.807, 2.05) is 0 Å². The molecule has 0 saturated heterocycles. The fraction of sp³-hybridized carbons (Fsp3) is 0.400. The molecule has 2 unspecified atom stereocenters. The zero-order chi connectivity index (χ0) is 7.68. The molecule has 0 aromatic heterocycles. The van der Waals surface area contributed by atoms with Crippen molar-refractivity contribution >= 4 is 12.4 Å². The van der Waals surface area contributed by atoms with Crippen molar-refractivity contribution in [2.24, 2.45) is 11.7 Å². The van der Waals surface area contributed by atoms with E-state index < -0.39 is 0 Å². The van der Waals surface area contributed by atoms with Crippen LogP contribution in [0.3, 0.4) is 0 Å². The molecule has 0 radical (unpaired) electrons. The van der Waals surface area contributed by atoms with Crippen molar-refractivity contribution in [3.05, 3.63) is 35.9 Å². The molecule has 1 nitrogen and oxygen atoms in total. The molecule has 1 saturated carbocycles. The Bertz CT molecular complexity index is 235. The molecule has 66 valence electrons. The second-order valence-electron chi connectivity index (χ2n) is 3.35. The summed E-state index contributed by atoms with van der Waals surface area (Å²) in [4.78, 5) is 0. The SMILES string of the molecule is Cl.NC1CC1Cc1ccccc1. The summed E-state index contributed by atoms with van der Waals surface area (Å²) in [5.41, 5.74) is 7.14. The molecular weight excluding hydrogens is 170 g/mol. The Morgan fingerprint density at radius 3 is 2.33 bits per heavy atom. The molecule has 0 heterocycles. The minimum atomic E-state index is 0. The van der Waals surface area contributed by atoms with E-state index in [2.05, 4.69) is 30.3 Å². The largest absolute Gasteiger partial charge is 0.327 e. The number of halogens is 1. The summed E-state index contributed by atoms with van der Waals surface area (Å²) in [6, 6.07) is 11.1. The van der Waals surface area contributed by atoms with Crippen LogP contribution in [0.15, 0.2) is 30.3 Å². The third-order valence-electron chi connectivity index (χ3n) is 2.32. The van der Waals surface area contributed by atoms with E-state index in [9.17, 15) is 0 Å². The zero-order valence-electron chi connectivity index (χ0n) is 6.94. The maximum Gasteiger partial charge on any atom is 0.00742 e. The number of hydrogen-bond donors (Lipinski definition) is 1. The second-order valence-corrected chi connectivity index (χ2v) is 3.35. The van der Waals surface area contributed by atoms with Crippen LogP contribution in [0.5, 0.6) is 0 Å². The lowest BCUT2D eigenvalue weighted by atomic mass is 10.1. The van der Waals surface area contributed by atoms with Crippen LogP contribution in [0.25, 0.3) is 0 Å². The fourth-order valence-corrected chi connectivity index (χ4v) is 1.42. The zero-order valence-corrected chi connectivity index (χ0v) is 7.76. The normalized spacial score (nSPS) is 26.1. The number of hydrogen-bond acceptors (Lipinski definition) is 1. The van der Waals surface area contributed by atoms with Crippen LogP contribution in [0.2, 0.25) is 0 Å². The monoisotopic (exact) mass is 183 g/mol. The Morgan fingerprint density at radius 1 is 1.25 bits per heavy atom. The van der Waals surface area contributed by atoms with Gasteiger partial charge in [-0.2, -0.15) is 0 Å². The maximum absolute atomic E-state index is 5.71. The first kappa shape index (κ1) is 9.56. The van der Waals surface area contributed by atoms with Gasteiger partial charge >= 0.3 is 0 Å². The van der Waals surface area contributed by atoms with E-state index in [4.69, 9.17) is 5.73 Å². The Kier molecular flexibility index (Phi) is 3.12. The van der Waals surface area contributed by atoms with Crippen LogP contribution in [0, 0.1) is 5.92 Å². The van der Waals surface area contributed by atoms with Crippen LogP contribution in [-0.4, -0.2) is 6.04 Å². The molecule has 0 aliphatic heterocycles. The highest BCUT2D eigenvalue weighted by atomic mass is 35.5. The van der Waals surface area contributed by atoms with E-state index in [-0.39, 0.29) is 12.4 Å². The first-order chi connectivity index (χ1) is 5.36. The van der Waals surface area contributed by atoms with Crippen molar-refractivity contribution in [1.82, 2.24) is 0 Å². The van der Waals surface area contributed by atoms with E-state index >= 15 is 0 Å². The first-order valence-corrected chi connectivity index (χ1v) is 4.16. The molecule has 2 rings (SSSR count). The molecule has 1 aliphatic rings. The van der Waals surface area contributed by atoms with Crippen LogP contribution < -0.4 is 5.73 Å². The molecule has 2 atom stereocenters. The van der Waals surface area contributed by atoms with Crippen molar-refractivity contribution < 1.29 is 0 Å². The van der Waals surface area contributed by atoms with E-state index in [1.54, 1.807) is 0 Å². The summed E-state index contributed by atoms with van der Waals surface area (Å²) in [6.45, 7) is 0. The van der Waals surface area contributed by atoms with Gasteiger partial charge in [-0.25, -0.2) is 0 Å². The first-order valence-electron chi connectivity index (χ1n) is 4.16. The highest BCUT2D eigenvalue weighted by Gasteiger charge is 2.32. The summed E-state index contributed by atoms with van der Waals surface area (Å²) in [5.74, 6) is 0.761. The average molecular weight is 184 g/mol. The predicted octanol–water partition coefficient (Wildman–Crippen LogP) is 2.00. The number of rotatable bonds is 2. The van der Waals surface area contributed by atoms with Crippen LogP contribution in [-0.2, 0) is 6.42 Å². The summed E-state index contributed by atoms with van der Waals surface area (Å²) in [6.07, 6.45) is 2.39. The number of nitrogens with two attached hydrogens (primary N) is 1. The molecule has 1 aliphatic carbocycles. The van der Waals surface area contributed by atoms with E-state index in [1.165, 1.54) is 18.4 Å². The fourth-order valence-electron chi connectivity index (χ4n) is 1.42. The van der Waals surface area contributed by atoms with Crippen molar-refractivity contribution in [2.45, 2.75) is 18.9 Å². The Balaban J connectivity index is 0.000000720. The minimum absolute atomic E-state index is 0. The molecule has 1 aromatic rings. The van der Waals surface area contributed by atoms with Crippen molar-refractivity contribution in [3.8, 4) is 0 Å². The Labute approximate surface area is 79.4 Å². The molecule has 2 heteroatoms. The van der Waals surface area contributed by atoms with Gasteiger partial charge in [0.2, 0.25) is 0 Å². The molecule has 1 aromatic carbocycles. The van der Waals surface area contributed by atoms with Gasteiger partial charge in [-0.15, -0.1) is 12.4 Å². The summed E-state index contributed by atoms with van der Waals surface area (Å²) in [5, 5.41) is 0. The Hall–Kier alpha value is -0.530. The minimum Gasteiger partial charge on any atom is -0.327 e. The predicted molar refractivity (Wildman–Crippen MR) is 53.5 cm³/mol. The lowest BCUT2D eigenvalue weighted by Crippen LogP contribution is -2.03. The quantitative estimate of drug-likeness (QED) is 0.746. The topological polar surface area (TPSA) is 26.0 Å². The van der Waals surface area contributed by atoms with Crippen LogP contribution >= 0.6 is 12.4 Å². The van der Waals surface area contributed by atoms with Gasteiger partial charge < -0.3 is 5.73 Å². The summed E-state index contributed by atoms with van der Waals surface area (Å²) >= 11 is 0. The molecule has 0 spiro atoms. The van der Waals surface area contributed by atoms with Gasteiger partial charge in [0, 0.05) is 6.04 Å².